The second-order valence-corrected chi connectivity index (χ2v) is 6.83. The molecule has 0 amide bonds. The van der Waals surface area contributed by atoms with Crippen LogP contribution in [0.5, 0.6) is 0 Å². The number of ketones is 1. The fourth-order valence-corrected chi connectivity index (χ4v) is 3.53. The van der Waals surface area contributed by atoms with E-state index in [0.29, 0.717) is 19.6 Å². The Morgan fingerprint density at radius 1 is 1.22 bits per heavy atom. The van der Waals surface area contributed by atoms with Crippen LogP contribution in [-0.4, -0.2) is 5.78 Å². The summed E-state index contributed by atoms with van der Waals surface area (Å²) < 4.78 is 6.42. The lowest BCUT2D eigenvalue weighted by atomic mass is 10.0. The van der Waals surface area contributed by atoms with Gasteiger partial charge in [0.2, 0.25) is 0 Å². The quantitative estimate of drug-likeness (QED) is 0.799. The first kappa shape index (κ1) is 12.1. The van der Waals surface area contributed by atoms with Crippen molar-refractivity contribution in [3.05, 3.63) is 55.7 Å². The van der Waals surface area contributed by atoms with Crippen molar-refractivity contribution in [2.45, 2.75) is 19.6 Å². The van der Waals surface area contributed by atoms with Crippen molar-refractivity contribution in [1.29, 1.82) is 0 Å². The molecule has 0 radical (unpaired) electrons. The Kier molecular flexibility index (Phi) is 3.33. The molecule has 0 atom stereocenters. The molecule has 3 rings (SSSR count). The minimum atomic E-state index is 0.166. The summed E-state index contributed by atoms with van der Waals surface area (Å²) in [5, 5.41) is 0. The maximum absolute atomic E-state index is 12.2. The number of ether oxygens (including phenoxy) is 1. The molecule has 0 fully saturated rings. The van der Waals surface area contributed by atoms with E-state index in [1.165, 1.54) is 5.56 Å². The molecule has 0 unspecified atom stereocenters. The molecule has 2 heterocycles. The Bertz CT molecular complexity index is 604. The predicted molar refractivity (Wildman–Crippen MR) is 75.0 cm³/mol. The number of thiophene rings is 1. The average Bonchev–Trinajstić information content (AvgIpc) is 2.96. The molecule has 18 heavy (non-hydrogen) atoms. The molecule has 0 N–H and O–H groups in total. The molecule has 0 spiro atoms. The Morgan fingerprint density at radius 2 is 2.06 bits per heavy atom. The van der Waals surface area contributed by atoms with Crippen LogP contribution in [0.2, 0.25) is 0 Å². The summed E-state index contributed by atoms with van der Waals surface area (Å²) in [6.07, 6.45) is 0.468. The number of Topliss-reactive ketones (excluding diaryl/α,β-unsaturated/α-hetero) is 1. The zero-order valence-corrected chi connectivity index (χ0v) is 12.0. The summed E-state index contributed by atoms with van der Waals surface area (Å²) in [6, 6.07) is 9.83. The van der Waals surface area contributed by atoms with Gasteiger partial charge in [-0.15, -0.1) is 11.3 Å². The minimum absolute atomic E-state index is 0.166. The van der Waals surface area contributed by atoms with Crippen LogP contribution in [0.3, 0.4) is 0 Å². The summed E-state index contributed by atoms with van der Waals surface area (Å²) in [6.45, 7) is 1.29. The van der Waals surface area contributed by atoms with Crippen LogP contribution in [-0.2, 0) is 24.4 Å². The van der Waals surface area contributed by atoms with E-state index >= 15 is 0 Å². The van der Waals surface area contributed by atoms with Gasteiger partial charge in [-0.05, 0) is 45.3 Å². The van der Waals surface area contributed by atoms with E-state index in [2.05, 4.69) is 15.9 Å². The normalized spacial score (nSPS) is 13.6. The van der Waals surface area contributed by atoms with Gasteiger partial charge in [-0.3, -0.25) is 4.79 Å². The number of benzene rings is 1. The van der Waals surface area contributed by atoms with Crippen molar-refractivity contribution in [1.82, 2.24) is 0 Å². The Balaban J connectivity index is 1.80. The first-order valence-corrected chi connectivity index (χ1v) is 7.30. The predicted octanol–water partition coefficient (Wildman–Crippen LogP) is 3.97. The zero-order valence-electron chi connectivity index (χ0n) is 9.61. The number of halogens is 1. The Labute approximate surface area is 118 Å². The van der Waals surface area contributed by atoms with Crippen molar-refractivity contribution in [3.8, 4) is 0 Å². The first-order valence-electron chi connectivity index (χ1n) is 5.69. The van der Waals surface area contributed by atoms with Crippen LogP contribution >= 0.6 is 27.3 Å². The number of fused-ring (bicyclic) bond motifs is 1. The van der Waals surface area contributed by atoms with Crippen molar-refractivity contribution in [2.24, 2.45) is 0 Å². The van der Waals surface area contributed by atoms with E-state index in [1.807, 2.05) is 30.3 Å². The number of rotatable bonds is 3. The third-order valence-electron chi connectivity index (χ3n) is 3.01. The molecule has 0 saturated heterocycles. The first-order chi connectivity index (χ1) is 8.72. The van der Waals surface area contributed by atoms with Crippen LogP contribution < -0.4 is 0 Å². The maximum atomic E-state index is 12.2. The molecular weight excluding hydrogens is 312 g/mol. The molecule has 1 aliphatic heterocycles. The smallest absolute Gasteiger partial charge is 0.168 e. The highest BCUT2D eigenvalue weighted by molar-refractivity contribution is 9.11. The van der Waals surface area contributed by atoms with Crippen LogP contribution in [0.4, 0.5) is 0 Å². The van der Waals surface area contributed by atoms with Crippen LogP contribution in [0.1, 0.15) is 26.4 Å². The van der Waals surface area contributed by atoms with Crippen molar-refractivity contribution in [3.63, 3.8) is 0 Å². The molecule has 0 aliphatic carbocycles. The van der Waals surface area contributed by atoms with Crippen LogP contribution in [0, 0.1) is 0 Å². The third kappa shape index (κ3) is 2.41. The third-order valence-corrected chi connectivity index (χ3v) is 4.63. The standard InChI is InChI=1S/C14H11BrO2S/c15-14-4-3-12(18-14)6-13(16)9-1-2-10-7-17-8-11(10)5-9/h1-5H,6-8H2. The van der Waals surface area contributed by atoms with E-state index in [1.54, 1.807) is 11.3 Å². The lowest BCUT2D eigenvalue weighted by Gasteiger charge is -2.02. The molecule has 0 bridgehead atoms. The van der Waals surface area contributed by atoms with Gasteiger partial charge in [0.1, 0.15) is 0 Å². The molecule has 1 aliphatic rings. The van der Waals surface area contributed by atoms with E-state index in [9.17, 15) is 4.79 Å². The van der Waals surface area contributed by atoms with Gasteiger partial charge < -0.3 is 4.74 Å². The molecule has 2 nitrogen and oxygen atoms in total. The van der Waals surface area contributed by atoms with Crippen LogP contribution in [0.15, 0.2) is 34.1 Å². The van der Waals surface area contributed by atoms with E-state index < -0.39 is 0 Å². The zero-order chi connectivity index (χ0) is 12.5. The largest absolute Gasteiger partial charge is 0.372 e. The van der Waals surface area contributed by atoms with Gasteiger partial charge in [0.05, 0.1) is 17.0 Å². The fourth-order valence-electron chi connectivity index (χ4n) is 2.05. The summed E-state index contributed by atoms with van der Waals surface area (Å²) in [5.41, 5.74) is 3.13. The van der Waals surface area contributed by atoms with Gasteiger partial charge in [-0.2, -0.15) is 0 Å². The lowest BCUT2D eigenvalue weighted by Crippen LogP contribution is -2.03. The van der Waals surface area contributed by atoms with Gasteiger partial charge in [0.15, 0.2) is 5.78 Å². The van der Waals surface area contributed by atoms with Gasteiger partial charge in [-0.25, -0.2) is 0 Å². The molecule has 1 aromatic carbocycles. The number of carbonyl (C=O) groups excluding carboxylic acids is 1. The van der Waals surface area contributed by atoms with Crippen molar-refractivity contribution < 1.29 is 9.53 Å². The van der Waals surface area contributed by atoms with Gasteiger partial charge in [-0.1, -0.05) is 12.1 Å². The number of hydrogen-bond donors (Lipinski definition) is 0. The highest BCUT2D eigenvalue weighted by Crippen LogP contribution is 2.25. The summed E-state index contributed by atoms with van der Waals surface area (Å²) >= 11 is 5.02. The van der Waals surface area contributed by atoms with E-state index in [0.717, 1.165) is 19.8 Å². The Morgan fingerprint density at radius 3 is 2.83 bits per heavy atom. The molecule has 92 valence electrons. The lowest BCUT2D eigenvalue weighted by molar-refractivity contribution is 0.0993. The molecular formula is C14H11BrO2S. The molecule has 1 aromatic heterocycles. The van der Waals surface area contributed by atoms with E-state index in [-0.39, 0.29) is 5.78 Å². The van der Waals surface area contributed by atoms with E-state index in [4.69, 9.17) is 4.74 Å². The van der Waals surface area contributed by atoms with Crippen LogP contribution in [0.25, 0.3) is 0 Å². The van der Waals surface area contributed by atoms with Gasteiger partial charge >= 0.3 is 0 Å². The van der Waals surface area contributed by atoms with Gasteiger partial charge in [0.25, 0.3) is 0 Å². The average molecular weight is 323 g/mol. The summed E-state index contributed by atoms with van der Waals surface area (Å²) in [7, 11) is 0. The van der Waals surface area contributed by atoms with Crippen molar-refractivity contribution >= 4 is 33.0 Å². The fraction of sp³-hybridized carbons (Fsp3) is 0.214. The summed E-state index contributed by atoms with van der Waals surface area (Å²) in [4.78, 5) is 13.3. The second kappa shape index (κ2) is 4.96. The molecule has 2 aromatic rings. The summed E-state index contributed by atoms with van der Waals surface area (Å²) in [5.74, 6) is 0.166. The SMILES string of the molecule is O=C(Cc1ccc(Br)s1)c1ccc2c(c1)COC2. The number of hydrogen-bond acceptors (Lipinski definition) is 3. The monoisotopic (exact) mass is 322 g/mol. The Hall–Kier alpha value is -0.970. The highest BCUT2D eigenvalue weighted by Gasteiger charge is 2.15. The molecule has 0 saturated carbocycles. The maximum Gasteiger partial charge on any atom is 0.168 e. The second-order valence-electron chi connectivity index (χ2n) is 4.28. The van der Waals surface area contributed by atoms with Gasteiger partial charge in [0, 0.05) is 16.9 Å². The molecule has 4 heteroatoms. The minimum Gasteiger partial charge on any atom is -0.372 e. The highest BCUT2D eigenvalue weighted by atomic mass is 79.9. The number of carbonyl (C=O) groups is 1. The topological polar surface area (TPSA) is 26.3 Å². The van der Waals surface area contributed by atoms with Crippen molar-refractivity contribution in [2.75, 3.05) is 0 Å².